The van der Waals surface area contributed by atoms with E-state index in [1.165, 1.54) is 22.8 Å². The molecule has 0 saturated carbocycles. The number of aliphatic hydroxyl groups is 1. The lowest BCUT2D eigenvalue weighted by Crippen LogP contribution is -2.21. The lowest BCUT2D eigenvalue weighted by molar-refractivity contribution is 0.0696. The Morgan fingerprint density at radius 2 is 2.05 bits per heavy atom. The van der Waals surface area contributed by atoms with E-state index >= 15 is 0 Å². The van der Waals surface area contributed by atoms with E-state index in [9.17, 15) is 14.7 Å². The molecule has 0 unspecified atom stereocenters. The number of fused-ring (bicyclic) bond motifs is 1. The van der Waals surface area contributed by atoms with Crippen LogP contribution in [-0.2, 0) is 6.54 Å². The summed E-state index contributed by atoms with van der Waals surface area (Å²) >= 11 is 0. The molecule has 0 radical (unpaired) electrons. The Hall–Kier alpha value is -2.34. The molecule has 1 aromatic carbocycles. The predicted molar refractivity (Wildman–Crippen MR) is 82.6 cm³/mol. The van der Waals surface area contributed by atoms with Gasteiger partial charge < -0.3 is 19.5 Å². The number of aromatic carboxylic acids is 1. The molecule has 0 fully saturated rings. The summed E-state index contributed by atoms with van der Waals surface area (Å²) in [6.07, 6.45) is 0.273. The largest absolute Gasteiger partial charge is 0.489 e. The number of carbonyl (C=O) groups is 1. The number of carboxylic acid groups (broad SMARTS) is 1. The summed E-state index contributed by atoms with van der Waals surface area (Å²) in [7, 11) is 0. The molecule has 1 heterocycles. The first kappa shape index (κ1) is 16.0. The van der Waals surface area contributed by atoms with Crippen molar-refractivity contribution in [3.8, 4) is 5.75 Å². The van der Waals surface area contributed by atoms with Gasteiger partial charge in [-0.25, -0.2) is 4.79 Å². The molecular weight excluding hydrogens is 286 g/mol. The molecular formula is C16H19NO5. The van der Waals surface area contributed by atoms with Gasteiger partial charge in [0.2, 0.25) is 0 Å². The quantitative estimate of drug-likeness (QED) is 0.850. The summed E-state index contributed by atoms with van der Waals surface area (Å²) in [4.78, 5) is 23.4. The van der Waals surface area contributed by atoms with E-state index in [2.05, 4.69) is 0 Å². The molecule has 0 atom stereocenters. The highest BCUT2D eigenvalue weighted by Crippen LogP contribution is 2.28. The number of aliphatic hydroxyl groups excluding tert-OH is 1. The Bertz CT molecular complexity index is 748. The van der Waals surface area contributed by atoms with E-state index in [0.717, 1.165) is 0 Å². The van der Waals surface area contributed by atoms with E-state index in [-0.39, 0.29) is 23.8 Å². The van der Waals surface area contributed by atoms with Crippen molar-refractivity contribution >= 4 is 16.9 Å². The number of aromatic nitrogens is 1. The minimum absolute atomic E-state index is 0.0313. The number of hydrogen-bond acceptors (Lipinski definition) is 4. The van der Waals surface area contributed by atoms with Crippen LogP contribution in [0.15, 0.2) is 29.1 Å². The van der Waals surface area contributed by atoms with Crippen LogP contribution in [0.25, 0.3) is 10.9 Å². The van der Waals surface area contributed by atoms with Crippen LogP contribution in [0.3, 0.4) is 0 Å². The number of ether oxygens (including phenoxy) is 1. The van der Waals surface area contributed by atoms with Gasteiger partial charge in [-0.2, -0.15) is 0 Å². The van der Waals surface area contributed by atoms with Gasteiger partial charge in [-0.3, -0.25) is 4.79 Å². The fourth-order valence-electron chi connectivity index (χ4n) is 2.32. The number of pyridine rings is 1. The van der Waals surface area contributed by atoms with Crippen molar-refractivity contribution in [1.29, 1.82) is 0 Å². The van der Waals surface area contributed by atoms with Gasteiger partial charge in [-0.15, -0.1) is 0 Å². The first-order valence-electron chi connectivity index (χ1n) is 7.12. The van der Waals surface area contributed by atoms with Crippen molar-refractivity contribution in [2.45, 2.75) is 32.9 Å². The van der Waals surface area contributed by atoms with Gasteiger partial charge in [-0.1, -0.05) is 0 Å². The van der Waals surface area contributed by atoms with Gasteiger partial charge in [0.1, 0.15) is 5.75 Å². The van der Waals surface area contributed by atoms with Crippen LogP contribution in [0, 0.1) is 0 Å². The smallest absolute Gasteiger partial charge is 0.335 e. The number of benzene rings is 1. The topological polar surface area (TPSA) is 88.8 Å². The Labute approximate surface area is 127 Å². The lowest BCUT2D eigenvalue weighted by Gasteiger charge is -2.17. The summed E-state index contributed by atoms with van der Waals surface area (Å²) in [5.74, 6) is -0.691. The lowest BCUT2D eigenvalue weighted by atomic mass is 10.1. The van der Waals surface area contributed by atoms with Crippen LogP contribution in [0.1, 0.15) is 30.6 Å². The van der Waals surface area contributed by atoms with Crippen molar-refractivity contribution in [3.05, 3.63) is 40.2 Å². The summed E-state index contributed by atoms with van der Waals surface area (Å²) in [5.41, 5.74) is 0.452. The Balaban J connectivity index is 2.75. The highest BCUT2D eigenvalue weighted by Gasteiger charge is 2.15. The highest BCUT2D eigenvalue weighted by atomic mass is 16.5. The number of rotatable bonds is 6. The summed E-state index contributed by atoms with van der Waals surface area (Å²) < 4.78 is 7.22. The third-order valence-electron chi connectivity index (χ3n) is 3.20. The summed E-state index contributed by atoms with van der Waals surface area (Å²) in [6.45, 7) is 3.97. The molecule has 0 bridgehead atoms. The molecule has 22 heavy (non-hydrogen) atoms. The molecule has 6 nitrogen and oxygen atoms in total. The van der Waals surface area contributed by atoms with E-state index in [4.69, 9.17) is 9.84 Å². The maximum absolute atomic E-state index is 12.1. The Morgan fingerprint density at radius 1 is 1.32 bits per heavy atom. The maximum Gasteiger partial charge on any atom is 0.335 e. The van der Waals surface area contributed by atoms with Gasteiger partial charge in [0.15, 0.2) is 0 Å². The molecule has 0 aliphatic rings. The van der Waals surface area contributed by atoms with Crippen LogP contribution in [0.4, 0.5) is 0 Å². The van der Waals surface area contributed by atoms with Crippen LogP contribution in [-0.4, -0.2) is 33.5 Å². The zero-order valence-corrected chi connectivity index (χ0v) is 12.6. The van der Waals surface area contributed by atoms with Gasteiger partial charge in [-0.05, 0) is 38.5 Å². The van der Waals surface area contributed by atoms with Crippen LogP contribution in [0.5, 0.6) is 5.75 Å². The Kier molecular flexibility index (Phi) is 4.82. The third kappa shape index (κ3) is 3.28. The minimum atomic E-state index is -1.05. The van der Waals surface area contributed by atoms with Gasteiger partial charge in [0, 0.05) is 24.6 Å². The van der Waals surface area contributed by atoms with E-state index in [1.54, 1.807) is 6.07 Å². The zero-order valence-electron chi connectivity index (χ0n) is 12.6. The number of hydrogen-bond donors (Lipinski definition) is 2. The summed E-state index contributed by atoms with van der Waals surface area (Å²) in [5, 5.41) is 18.8. The normalized spacial score (nSPS) is 11.1. The molecule has 0 aliphatic carbocycles. The van der Waals surface area contributed by atoms with Gasteiger partial charge in [0.05, 0.1) is 17.2 Å². The average Bonchev–Trinajstić information content (AvgIpc) is 2.45. The second-order valence-corrected chi connectivity index (χ2v) is 5.28. The Morgan fingerprint density at radius 3 is 2.64 bits per heavy atom. The molecule has 2 aromatic rings. The molecule has 6 heteroatoms. The van der Waals surface area contributed by atoms with Crippen molar-refractivity contribution < 1.29 is 19.7 Å². The average molecular weight is 305 g/mol. The first-order valence-corrected chi connectivity index (χ1v) is 7.12. The standard InChI is InChI=1S/C16H19NO5/c1-10(2)22-13-9-12(16(20)21)8-11-4-5-14(19)17(15(11)13)6-3-7-18/h4-5,8-10,18H,3,6-7H2,1-2H3,(H,20,21). The van der Waals surface area contributed by atoms with Crippen LogP contribution < -0.4 is 10.3 Å². The van der Waals surface area contributed by atoms with Crippen molar-refractivity contribution in [1.82, 2.24) is 4.57 Å². The molecule has 2 N–H and O–H groups in total. The highest BCUT2D eigenvalue weighted by molar-refractivity contribution is 5.96. The molecule has 2 rings (SSSR count). The molecule has 0 saturated heterocycles. The first-order chi connectivity index (χ1) is 10.4. The van der Waals surface area contributed by atoms with E-state index in [1.807, 2.05) is 13.8 Å². The van der Waals surface area contributed by atoms with Gasteiger partial charge >= 0.3 is 5.97 Å². The second-order valence-electron chi connectivity index (χ2n) is 5.28. The molecule has 0 amide bonds. The molecule has 118 valence electrons. The molecule has 0 aliphatic heterocycles. The number of aryl methyl sites for hydroxylation is 1. The molecule has 1 aromatic heterocycles. The fourth-order valence-corrected chi connectivity index (χ4v) is 2.32. The van der Waals surface area contributed by atoms with Crippen molar-refractivity contribution in [3.63, 3.8) is 0 Å². The number of nitrogens with zero attached hydrogens (tertiary/aromatic N) is 1. The maximum atomic E-state index is 12.1. The minimum Gasteiger partial charge on any atom is -0.489 e. The van der Waals surface area contributed by atoms with Gasteiger partial charge in [0.25, 0.3) is 5.56 Å². The number of carboxylic acids is 1. The molecule has 0 spiro atoms. The SMILES string of the molecule is CC(C)Oc1cc(C(=O)O)cc2ccc(=O)n(CCCO)c12. The zero-order chi connectivity index (χ0) is 16.3. The summed E-state index contributed by atoms with van der Waals surface area (Å²) in [6, 6.07) is 5.93. The predicted octanol–water partition coefficient (Wildman–Crippen LogP) is 1.87. The van der Waals surface area contributed by atoms with E-state index in [0.29, 0.717) is 29.6 Å². The fraction of sp³-hybridized carbons (Fsp3) is 0.375. The van der Waals surface area contributed by atoms with Crippen molar-refractivity contribution in [2.75, 3.05) is 6.61 Å². The monoisotopic (exact) mass is 305 g/mol. The van der Waals surface area contributed by atoms with E-state index < -0.39 is 5.97 Å². The second kappa shape index (κ2) is 6.62. The van der Waals surface area contributed by atoms with Crippen molar-refractivity contribution in [2.24, 2.45) is 0 Å². The van der Waals surface area contributed by atoms with Crippen LogP contribution in [0.2, 0.25) is 0 Å². The van der Waals surface area contributed by atoms with Crippen LogP contribution >= 0.6 is 0 Å². The third-order valence-corrected chi connectivity index (χ3v) is 3.20.